The molecule has 0 spiro atoms. The van der Waals surface area contributed by atoms with Gasteiger partial charge in [-0.15, -0.1) is 11.8 Å². The van der Waals surface area contributed by atoms with E-state index in [2.05, 4.69) is 10.3 Å². The average molecular weight is 321 g/mol. The molecule has 1 aliphatic rings. The maximum absolute atomic E-state index is 12.6. The number of sulfonamides is 1. The van der Waals surface area contributed by atoms with Crippen LogP contribution in [0.1, 0.15) is 0 Å². The van der Waals surface area contributed by atoms with Crippen molar-refractivity contribution in [3.05, 3.63) is 42.7 Å². The fourth-order valence-electron chi connectivity index (χ4n) is 2.05. The van der Waals surface area contributed by atoms with E-state index in [4.69, 9.17) is 0 Å². The number of amides is 2. The lowest BCUT2D eigenvalue weighted by atomic mass is 10.3. The van der Waals surface area contributed by atoms with Gasteiger partial charge in [0.05, 0.1) is 17.6 Å². The van der Waals surface area contributed by atoms with Gasteiger partial charge in [0.15, 0.2) is 0 Å². The van der Waals surface area contributed by atoms with E-state index < -0.39 is 16.1 Å². The smallest absolute Gasteiger partial charge is 0.305 e. The number of nitrogens with one attached hydrogen (secondary N) is 1. The standard InChI is InChI=1S/C13H11N3O3S2/c1-20-10-6-9(7-14-8-10)16-13(17)15-11-4-2-3-5-12(11)21(16,18)19/h2-8H,1H3,(H,15,17). The van der Waals surface area contributed by atoms with Crippen LogP contribution in [0.4, 0.5) is 16.2 Å². The Morgan fingerprint density at radius 1 is 1.24 bits per heavy atom. The molecule has 6 nitrogen and oxygen atoms in total. The molecule has 1 aliphatic heterocycles. The van der Waals surface area contributed by atoms with Gasteiger partial charge in [0.1, 0.15) is 4.90 Å². The monoisotopic (exact) mass is 321 g/mol. The predicted molar refractivity (Wildman–Crippen MR) is 81.1 cm³/mol. The highest BCUT2D eigenvalue weighted by Crippen LogP contribution is 2.33. The molecule has 2 amide bonds. The Morgan fingerprint density at radius 2 is 2.00 bits per heavy atom. The first kappa shape index (κ1) is 13.9. The van der Waals surface area contributed by atoms with E-state index in [0.717, 1.165) is 9.20 Å². The number of rotatable bonds is 2. The first-order chi connectivity index (χ1) is 10.0. The van der Waals surface area contributed by atoms with Gasteiger partial charge < -0.3 is 5.32 Å². The molecule has 0 fully saturated rings. The number of benzene rings is 1. The van der Waals surface area contributed by atoms with Crippen molar-refractivity contribution < 1.29 is 13.2 Å². The Hall–Kier alpha value is -2.06. The largest absolute Gasteiger partial charge is 0.340 e. The van der Waals surface area contributed by atoms with Crippen LogP contribution in [0.2, 0.25) is 0 Å². The van der Waals surface area contributed by atoms with Crippen LogP contribution in [-0.2, 0) is 10.0 Å². The van der Waals surface area contributed by atoms with Gasteiger partial charge >= 0.3 is 6.03 Å². The molecule has 0 saturated heterocycles. The number of aromatic nitrogens is 1. The molecule has 2 aromatic rings. The van der Waals surface area contributed by atoms with Gasteiger partial charge in [0.25, 0.3) is 10.0 Å². The van der Waals surface area contributed by atoms with Crippen molar-refractivity contribution in [1.29, 1.82) is 0 Å². The molecule has 21 heavy (non-hydrogen) atoms. The van der Waals surface area contributed by atoms with Crippen molar-refractivity contribution in [2.24, 2.45) is 0 Å². The highest BCUT2D eigenvalue weighted by Gasteiger charge is 2.37. The number of thioether (sulfide) groups is 1. The molecule has 1 aromatic carbocycles. The summed E-state index contributed by atoms with van der Waals surface area (Å²) in [7, 11) is -3.94. The Bertz CT molecular complexity index is 821. The molecule has 1 N–H and O–H groups in total. The highest BCUT2D eigenvalue weighted by atomic mass is 32.2. The number of pyridine rings is 1. The number of carbonyl (C=O) groups excluding carboxylic acids is 1. The number of carbonyl (C=O) groups is 1. The van der Waals surface area contributed by atoms with Crippen LogP contribution in [0.25, 0.3) is 0 Å². The molecule has 1 aromatic heterocycles. The van der Waals surface area contributed by atoms with E-state index in [1.54, 1.807) is 30.5 Å². The zero-order chi connectivity index (χ0) is 15.0. The van der Waals surface area contributed by atoms with Gasteiger partial charge in [-0.2, -0.15) is 4.31 Å². The molecule has 2 heterocycles. The van der Waals surface area contributed by atoms with Crippen LogP contribution in [0.5, 0.6) is 0 Å². The number of hydrogen-bond acceptors (Lipinski definition) is 5. The molecular formula is C13H11N3O3S2. The lowest BCUT2D eigenvalue weighted by molar-refractivity contribution is 0.259. The van der Waals surface area contributed by atoms with Crippen molar-refractivity contribution in [2.75, 3.05) is 15.9 Å². The number of para-hydroxylation sites is 1. The first-order valence-electron chi connectivity index (χ1n) is 5.98. The average Bonchev–Trinajstić information content (AvgIpc) is 2.47. The highest BCUT2D eigenvalue weighted by molar-refractivity contribution is 7.98. The van der Waals surface area contributed by atoms with Crippen molar-refractivity contribution >= 4 is 39.2 Å². The van der Waals surface area contributed by atoms with E-state index in [-0.39, 0.29) is 16.3 Å². The minimum Gasteiger partial charge on any atom is -0.305 e. The third-order valence-corrected chi connectivity index (χ3v) is 5.46. The summed E-state index contributed by atoms with van der Waals surface area (Å²) < 4.78 is 26.0. The molecule has 0 radical (unpaired) electrons. The summed E-state index contributed by atoms with van der Waals surface area (Å²) in [5.74, 6) is 0. The maximum Gasteiger partial charge on any atom is 0.340 e. The SMILES string of the molecule is CSc1cncc(N2C(=O)Nc3ccccc3S2(=O)=O)c1. The van der Waals surface area contributed by atoms with Crippen molar-refractivity contribution in [3.63, 3.8) is 0 Å². The van der Waals surface area contributed by atoms with Crippen LogP contribution < -0.4 is 9.62 Å². The summed E-state index contributed by atoms with van der Waals surface area (Å²) in [5.41, 5.74) is 0.501. The van der Waals surface area contributed by atoms with Gasteiger partial charge in [-0.05, 0) is 24.5 Å². The predicted octanol–water partition coefficient (Wildman–Crippen LogP) is 2.54. The Balaban J connectivity index is 2.17. The van der Waals surface area contributed by atoms with Crippen LogP contribution in [0.3, 0.4) is 0 Å². The van der Waals surface area contributed by atoms with E-state index in [0.29, 0.717) is 0 Å². The van der Waals surface area contributed by atoms with Gasteiger partial charge in [0.2, 0.25) is 0 Å². The zero-order valence-electron chi connectivity index (χ0n) is 11.0. The number of hydrogen-bond donors (Lipinski definition) is 1. The van der Waals surface area contributed by atoms with Crippen LogP contribution in [0.15, 0.2) is 52.5 Å². The topological polar surface area (TPSA) is 79.4 Å². The quantitative estimate of drug-likeness (QED) is 0.860. The lowest BCUT2D eigenvalue weighted by Gasteiger charge is -2.28. The number of urea groups is 1. The molecule has 0 aliphatic carbocycles. The molecule has 0 saturated carbocycles. The van der Waals surface area contributed by atoms with Crippen LogP contribution in [0, 0.1) is 0 Å². The second kappa shape index (κ2) is 5.05. The normalized spacial score (nSPS) is 16.2. The van der Waals surface area contributed by atoms with Gasteiger partial charge in [-0.1, -0.05) is 12.1 Å². The van der Waals surface area contributed by atoms with Crippen molar-refractivity contribution in [2.45, 2.75) is 9.79 Å². The zero-order valence-corrected chi connectivity index (χ0v) is 12.6. The Morgan fingerprint density at radius 3 is 2.76 bits per heavy atom. The third-order valence-electron chi connectivity index (χ3n) is 3.00. The van der Waals surface area contributed by atoms with E-state index >= 15 is 0 Å². The van der Waals surface area contributed by atoms with Gasteiger partial charge in [-0.3, -0.25) is 4.98 Å². The number of anilines is 2. The van der Waals surface area contributed by atoms with Crippen LogP contribution >= 0.6 is 11.8 Å². The fraction of sp³-hybridized carbons (Fsp3) is 0.0769. The summed E-state index contributed by atoms with van der Waals surface area (Å²) in [6, 6.07) is 7.20. The van der Waals surface area contributed by atoms with Crippen molar-refractivity contribution in [1.82, 2.24) is 4.98 Å². The molecule has 108 valence electrons. The molecule has 3 rings (SSSR count). The lowest BCUT2D eigenvalue weighted by Crippen LogP contribution is -2.44. The summed E-state index contributed by atoms with van der Waals surface area (Å²) in [6.07, 6.45) is 4.81. The Kier molecular flexibility index (Phi) is 3.34. The fourth-order valence-corrected chi connectivity index (χ4v) is 3.94. The maximum atomic E-state index is 12.6. The summed E-state index contributed by atoms with van der Waals surface area (Å²) in [6.45, 7) is 0. The second-order valence-corrected chi connectivity index (χ2v) is 6.91. The summed E-state index contributed by atoms with van der Waals surface area (Å²) >= 11 is 1.42. The van der Waals surface area contributed by atoms with Crippen molar-refractivity contribution in [3.8, 4) is 0 Å². The van der Waals surface area contributed by atoms with E-state index in [1.807, 2.05) is 6.26 Å². The number of nitrogens with zero attached hydrogens (tertiary/aromatic N) is 2. The molecule has 8 heteroatoms. The van der Waals surface area contributed by atoms with E-state index in [9.17, 15) is 13.2 Å². The summed E-state index contributed by atoms with van der Waals surface area (Å²) in [5, 5.41) is 2.57. The van der Waals surface area contributed by atoms with Crippen LogP contribution in [-0.4, -0.2) is 25.7 Å². The molecular weight excluding hydrogens is 310 g/mol. The molecule has 0 bridgehead atoms. The molecule has 0 atom stereocenters. The summed E-state index contributed by atoms with van der Waals surface area (Å²) in [4.78, 5) is 17.0. The number of fused-ring (bicyclic) bond motifs is 1. The van der Waals surface area contributed by atoms with E-state index in [1.165, 1.54) is 24.0 Å². The van der Waals surface area contributed by atoms with Gasteiger partial charge in [0, 0.05) is 11.1 Å². The molecule has 0 unspecified atom stereocenters. The van der Waals surface area contributed by atoms with Gasteiger partial charge in [-0.25, -0.2) is 13.2 Å². The minimum absolute atomic E-state index is 0.0687. The minimum atomic E-state index is -3.94. The third kappa shape index (κ3) is 2.26. The second-order valence-electron chi connectivity index (χ2n) is 4.28. The Labute approximate surface area is 126 Å². The first-order valence-corrected chi connectivity index (χ1v) is 8.65.